The van der Waals surface area contributed by atoms with Crippen LogP contribution in [0.1, 0.15) is 31.2 Å². The third kappa shape index (κ3) is 2.88. The topological polar surface area (TPSA) is 96.1 Å². The van der Waals surface area contributed by atoms with E-state index in [2.05, 4.69) is 20.7 Å². The van der Waals surface area contributed by atoms with Crippen LogP contribution in [0.15, 0.2) is 6.20 Å². The molecule has 1 aliphatic carbocycles. The fourth-order valence-corrected chi connectivity index (χ4v) is 2.45. The van der Waals surface area contributed by atoms with E-state index < -0.39 is 0 Å². The Balaban J connectivity index is 2.11. The van der Waals surface area contributed by atoms with Crippen molar-refractivity contribution >= 4 is 11.8 Å². The van der Waals surface area contributed by atoms with Crippen molar-refractivity contribution < 1.29 is 5.11 Å². The highest BCUT2D eigenvalue weighted by Crippen LogP contribution is 2.27. The molecule has 0 amide bonds. The summed E-state index contributed by atoms with van der Waals surface area (Å²) < 4.78 is 0. The molecule has 6 nitrogen and oxygen atoms in total. The lowest BCUT2D eigenvalue weighted by molar-refractivity contribution is 0.178. The molecule has 18 heavy (non-hydrogen) atoms. The van der Waals surface area contributed by atoms with Crippen molar-refractivity contribution in [3.63, 3.8) is 0 Å². The standard InChI is InChI=1S/C12H21N5O/c1-8-6-14-12(17-13)16-11(8)15-10-5-3-2-4-9(10)7-18/h6,9-10,18H,2-5,7,13H2,1H3,(H2,14,15,16,17). The molecule has 0 spiro atoms. The third-order valence-corrected chi connectivity index (χ3v) is 3.57. The summed E-state index contributed by atoms with van der Waals surface area (Å²) in [5, 5.41) is 12.8. The van der Waals surface area contributed by atoms with Crippen molar-refractivity contribution in [2.45, 2.75) is 38.6 Å². The van der Waals surface area contributed by atoms with E-state index in [0.29, 0.717) is 11.9 Å². The number of nitrogens with zero attached hydrogens (tertiary/aromatic N) is 2. The molecule has 1 aromatic rings. The van der Waals surface area contributed by atoms with Crippen molar-refractivity contribution in [3.05, 3.63) is 11.8 Å². The van der Waals surface area contributed by atoms with Gasteiger partial charge in [0, 0.05) is 30.3 Å². The Bertz CT molecular complexity index is 398. The maximum atomic E-state index is 9.40. The van der Waals surface area contributed by atoms with E-state index in [1.165, 1.54) is 12.8 Å². The number of nitrogen functional groups attached to an aromatic ring is 1. The van der Waals surface area contributed by atoms with Crippen LogP contribution < -0.4 is 16.6 Å². The summed E-state index contributed by atoms with van der Waals surface area (Å²) in [5.41, 5.74) is 3.43. The third-order valence-electron chi connectivity index (χ3n) is 3.57. The van der Waals surface area contributed by atoms with Gasteiger partial charge in [0.05, 0.1) is 0 Å². The minimum absolute atomic E-state index is 0.226. The van der Waals surface area contributed by atoms with Gasteiger partial charge < -0.3 is 10.4 Å². The number of rotatable bonds is 4. The Morgan fingerprint density at radius 1 is 1.44 bits per heavy atom. The first-order chi connectivity index (χ1) is 8.74. The van der Waals surface area contributed by atoms with Gasteiger partial charge in [-0.3, -0.25) is 5.43 Å². The Kier molecular flexibility index (Phi) is 4.33. The van der Waals surface area contributed by atoms with Crippen LogP contribution in [0.5, 0.6) is 0 Å². The van der Waals surface area contributed by atoms with Crippen LogP contribution in [0, 0.1) is 12.8 Å². The summed E-state index contributed by atoms with van der Waals surface area (Å²) in [6.07, 6.45) is 6.27. The Morgan fingerprint density at radius 3 is 2.94 bits per heavy atom. The van der Waals surface area contributed by atoms with Crippen LogP contribution in [-0.2, 0) is 0 Å². The molecule has 1 fully saturated rings. The first-order valence-corrected chi connectivity index (χ1v) is 6.42. The number of aliphatic hydroxyl groups excluding tert-OH is 1. The second-order valence-corrected chi connectivity index (χ2v) is 4.85. The summed E-state index contributed by atoms with van der Waals surface area (Å²) in [4.78, 5) is 8.37. The van der Waals surface area contributed by atoms with Gasteiger partial charge in [0.15, 0.2) is 0 Å². The number of hydrogen-bond donors (Lipinski definition) is 4. The molecule has 1 aliphatic rings. The molecular formula is C12H21N5O. The summed E-state index contributed by atoms with van der Waals surface area (Å²) in [5.74, 6) is 6.82. The number of aromatic nitrogens is 2. The maximum Gasteiger partial charge on any atom is 0.239 e. The molecule has 0 aliphatic heterocycles. The molecule has 0 bridgehead atoms. The van der Waals surface area contributed by atoms with Crippen molar-refractivity contribution in [2.75, 3.05) is 17.3 Å². The predicted molar refractivity (Wildman–Crippen MR) is 71.0 cm³/mol. The smallest absolute Gasteiger partial charge is 0.239 e. The highest BCUT2D eigenvalue weighted by Gasteiger charge is 2.25. The molecule has 6 heteroatoms. The van der Waals surface area contributed by atoms with E-state index >= 15 is 0 Å². The van der Waals surface area contributed by atoms with E-state index in [1.54, 1.807) is 6.20 Å². The maximum absolute atomic E-state index is 9.40. The average Bonchev–Trinajstić information content (AvgIpc) is 2.42. The van der Waals surface area contributed by atoms with Gasteiger partial charge in [0.25, 0.3) is 0 Å². The lowest BCUT2D eigenvalue weighted by Crippen LogP contribution is -2.35. The molecule has 1 aromatic heterocycles. The van der Waals surface area contributed by atoms with Crippen molar-refractivity contribution in [1.29, 1.82) is 0 Å². The van der Waals surface area contributed by atoms with Gasteiger partial charge in [-0.2, -0.15) is 4.98 Å². The average molecular weight is 251 g/mol. The van der Waals surface area contributed by atoms with Crippen LogP contribution in [-0.4, -0.2) is 27.7 Å². The van der Waals surface area contributed by atoms with Crippen LogP contribution in [0.4, 0.5) is 11.8 Å². The van der Waals surface area contributed by atoms with E-state index in [4.69, 9.17) is 5.84 Å². The number of hydrazine groups is 1. The van der Waals surface area contributed by atoms with Crippen LogP contribution >= 0.6 is 0 Å². The molecule has 100 valence electrons. The second kappa shape index (κ2) is 5.97. The number of aliphatic hydroxyl groups is 1. The largest absolute Gasteiger partial charge is 0.396 e. The zero-order valence-corrected chi connectivity index (χ0v) is 10.7. The molecule has 1 heterocycles. The van der Waals surface area contributed by atoms with E-state index in [-0.39, 0.29) is 12.6 Å². The van der Waals surface area contributed by atoms with Crippen LogP contribution in [0.3, 0.4) is 0 Å². The van der Waals surface area contributed by atoms with Gasteiger partial charge >= 0.3 is 0 Å². The van der Waals surface area contributed by atoms with Crippen molar-refractivity contribution in [2.24, 2.45) is 11.8 Å². The van der Waals surface area contributed by atoms with Gasteiger partial charge in [-0.05, 0) is 19.8 Å². The number of nitrogens with two attached hydrogens (primary N) is 1. The Morgan fingerprint density at radius 2 is 2.22 bits per heavy atom. The molecule has 2 atom stereocenters. The quantitative estimate of drug-likeness (QED) is 0.471. The van der Waals surface area contributed by atoms with Gasteiger partial charge in [-0.1, -0.05) is 12.8 Å². The number of anilines is 2. The summed E-state index contributed by atoms with van der Waals surface area (Å²) in [7, 11) is 0. The van der Waals surface area contributed by atoms with E-state index in [1.807, 2.05) is 6.92 Å². The Labute approximate surface area is 107 Å². The lowest BCUT2D eigenvalue weighted by atomic mass is 9.85. The van der Waals surface area contributed by atoms with Crippen molar-refractivity contribution in [1.82, 2.24) is 9.97 Å². The monoisotopic (exact) mass is 251 g/mol. The van der Waals surface area contributed by atoms with Crippen molar-refractivity contribution in [3.8, 4) is 0 Å². The minimum atomic E-state index is 0.226. The summed E-state index contributed by atoms with van der Waals surface area (Å²) in [6.45, 7) is 2.18. The Hall–Kier alpha value is -1.40. The molecule has 2 rings (SSSR count). The molecular weight excluding hydrogens is 230 g/mol. The lowest BCUT2D eigenvalue weighted by Gasteiger charge is -2.31. The first-order valence-electron chi connectivity index (χ1n) is 6.42. The number of aryl methyl sites for hydroxylation is 1. The SMILES string of the molecule is Cc1cnc(NN)nc1NC1CCCCC1CO. The van der Waals surface area contributed by atoms with Gasteiger partial charge in [-0.25, -0.2) is 10.8 Å². The van der Waals surface area contributed by atoms with Crippen LogP contribution in [0.2, 0.25) is 0 Å². The molecule has 1 saturated carbocycles. The highest BCUT2D eigenvalue weighted by molar-refractivity contribution is 5.46. The fraction of sp³-hybridized carbons (Fsp3) is 0.667. The van der Waals surface area contributed by atoms with E-state index in [9.17, 15) is 5.11 Å². The predicted octanol–water partition coefficient (Wildman–Crippen LogP) is 1.03. The molecule has 2 unspecified atom stereocenters. The van der Waals surface area contributed by atoms with Gasteiger partial charge in [-0.15, -0.1) is 0 Å². The van der Waals surface area contributed by atoms with Gasteiger partial charge in [0.2, 0.25) is 5.95 Å². The molecule has 0 radical (unpaired) electrons. The van der Waals surface area contributed by atoms with E-state index in [0.717, 1.165) is 24.2 Å². The molecule has 0 saturated heterocycles. The first kappa shape index (κ1) is 13.0. The zero-order valence-electron chi connectivity index (χ0n) is 10.7. The number of nitrogens with one attached hydrogen (secondary N) is 2. The molecule has 5 N–H and O–H groups in total. The van der Waals surface area contributed by atoms with Crippen LogP contribution in [0.25, 0.3) is 0 Å². The summed E-state index contributed by atoms with van der Waals surface area (Å²) in [6, 6.07) is 0.281. The molecule has 0 aromatic carbocycles. The van der Waals surface area contributed by atoms with Gasteiger partial charge in [0.1, 0.15) is 5.82 Å². The highest BCUT2D eigenvalue weighted by atomic mass is 16.3. The minimum Gasteiger partial charge on any atom is -0.396 e. The second-order valence-electron chi connectivity index (χ2n) is 4.85. The zero-order chi connectivity index (χ0) is 13.0. The fourth-order valence-electron chi connectivity index (χ4n) is 2.45. The number of hydrogen-bond acceptors (Lipinski definition) is 6. The normalized spacial score (nSPS) is 23.7. The summed E-state index contributed by atoms with van der Waals surface area (Å²) >= 11 is 0.